The third-order valence-electron chi connectivity index (χ3n) is 3.82. The van der Waals surface area contributed by atoms with E-state index in [4.69, 9.17) is 0 Å². The molecule has 4 aromatic rings. The maximum Gasteiger partial charge on any atom is 0.291 e. The van der Waals surface area contributed by atoms with Gasteiger partial charge in [-0.05, 0) is 31.5 Å². The van der Waals surface area contributed by atoms with Crippen LogP contribution in [0.5, 0.6) is 0 Å². The molecule has 1 aromatic carbocycles. The highest BCUT2D eigenvalue weighted by atomic mass is 32.1. The molecular weight excluding hydrogens is 336 g/mol. The Labute approximate surface area is 147 Å². The Morgan fingerprint density at radius 1 is 1.24 bits per heavy atom. The highest BCUT2D eigenvalue weighted by molar-refractivity contribution is 7.18. The molecule has 0 atom stereocenters. The molecule has 1 N–H and O–H groups in total. The zero-order valence-corrected chi connectivity index (χ0v) is 14.5. The number of carbonyl (C=O) groups excluding carboxylic acids is 1. The van der Waals surface area contributed by atoms with E-state index in [9.17, 15) is 4.79 Å². The smallest absolute Gasteiger partial charge is 0.291 e. The van der Waals surface area contributed by atoms with Gasteiger partial charge < -0.3 is 5.32 Å². The van der Waals surface area contributed by atoms with E-state index in [0.717, 1.165) is 29.1 Å². The van der Waals surface area contributed by atoms with E-state index in [2.05, 4.69) is 31.4 Å². The Kier molecular flexibility index (Phi) is 4.10. The van der Waals surface area contributed by atoms with Crippen LogP contribution in [0, 0.1) is 6.92 Å². The lowest BCUT2D eigenvalue weighted by molar-refractivity contribution is 0.0943. The lowest BCUT2D eigenvalue weighted by atomic mass is 10.3. The number of aryl methyl sites for hydroxylation is 2. The van der Waals surface area contributed by atoms with Gasteiger partial charge in [-0.1, -0.05) is 12.1 Å². The van der Waals surface area contributed by atoms with Gasteiger partial charge >= 0.3 is 0 Å². The molecule has 0 aliphatic carbocycles. The van der Waals surface area contributed by atoms with Crippen molar-refractivity contribution in [2.45, 2.75) is 19.8 Å². The highest BCUT2D eigenvalue weighted by Gasteiger charge is 2.13. The summed E-state index contributed by atoms with van der Waals surface area (Å²) in [6, 6.07) is 9.92. The SMILES string of the molecule is Cc1ccnc2nc(C(=O)NCCCc3nc4ccccc4s3)nn12. The number of rotatable bonds is 5. The lowest BCUT2D eigenvalue weighted by Crippen LogP contribution is -2.26. The standard InChI is InChI=1S/C17H16N6OS/c1-11-8-10-19-17-21-15(22-23(11)17)16(24)18-9-4-7-14-20-12-5-2-3-6-13(12)25-14/h2-3,5-6,8,10H,4,7,9H2,1H3,(H,18,24). The molecule has 0 unspecified atom stereocenters. The molecule has 3 aromatic heterocycles. The minimum absolute atomic E-state index is 0.141. The summed E-state index contributed by atoms with van der Waals surface area (Å²) < 4.78 is 2.76. The van der Waals surface area contributed by atoms with Gasteiger partial charge in [-0.25, -0.2) is 14.5 Å². The molecule has 0 aliphatic rings. The zero-order valence-electron chi connectivity index (χ0n) is 13.6. The summed E-state index contributed by atoms with van der Waals surface area (Å²) >= 11 is 1.70. The summed E-state index contributed by atoms with van der Waals surface area (Å²) in [7, 11) is 0. The van der Waals surface area contributed by atoms with E-state index in [0.29, 0.717) is 12.3 Å². The van der Waals surface area contributed by atoms with Crippen molar-refractivity contribution in [2.24, 2.45) is 0 Å². The van der Waals surface area contributed by atoms with Crippen LogP contribution >= 0.6 is 11.3 Å². The van der Waals surface area contributed by atoms with Crippen LogP contribution in [0.25, 0.3) is 16.0 Å². The number of para-hydroxylation sites is 1. The number of amides is 1. The maximum atomic E-state index is 12.2. The number of fused-ring (bicyclic) bond motifs is 2. The van der Waals surface area contributed by atoms with E-state index < -0.39 is 0 Å². The summed E-state index contributed by atoms with van der Waals surface area (Å²) in [5, 5.41) is 8.14. The van der Waals surface area contributed by atoms with E-state index >= 15 is 0 Å². The Hall–Kier alpha value is -2.87. The van der Waals surface area contributed by atoms with Crippen LogP contribution in [-0.2, 0) is 6.42 Å². The number of nitrogens with one attached hydrogen (secondary N) is 1. The second kappa shape index (κ2) is 6.56. The number of benzene rings is 1. The first kappa shape index (κ1) is 15.6. The monoisotopic (exact) mass is 352 g/mol. The Morgan fingerprint density at radius 3 is 2.96 bits per heavy atom. The summed E-state index contributed by atoms with van der Waals surface area (Å²) in [6.07, 6.45) is 3.30. The zero-order chi connectivity index (χ0) is 17.2. The quantitative estimate of drug-likeness (QED) is 0.558. The predicted octanol–water partition coefficient (Wildman–Crippen LogP) is 2.41. The van der Waals surface area contributed by atoms with Gasteiger partial charge in [-0.2, -0.15) is 4.98 Å². The summed E-state index contributed by atoms with van der Waals surface area (Å²) in [5.41, 5.74) is 1.91. The van der Waals surface area contributed by atoms with Gasteiger partial charge in [0, 0.05) is 24.9 Å². The number of carbonyl (C=O) groups is 1. The molecule has 8 heteroatoms. The van der Waals surface area contributed by atoms with Gasteiger partial charge in [0.25, 0.3) is 11.7 Å². The largest absolute Gasteiger partial charge is 0.349 e. The molecule has 0 bridgehead atoms. The fourth-order valence-corrected chi connectivity index (χ4v) is 3.56. The number of aromatic nitrogens is 5. The van der Waals surface area contributed by atoms with E-state index in [1.54, 1.807) is 22.0 Å². The molecule has 0 saturated heterocycles. The van der Waals surface area contributed by atoms with Crippen LogP contribution in [0.2, 0.25) is 0 Å². The first-order chi connectivity index (χ1) is 12.2. The van der Waals surface area contributed by atoms with Gasteiger partial charge in [-0.15, -0.1) is 16.4 Å². The number of hydrogen-bond acceptors (Lipinski definition) is 6. The molecule has 0 spiro atoms. The van der Waals surface area contributed by atoms with Gasteiger partial charge in [0.2, 0.25) is 5.82 Å². The lowest BCUT2D eigenvalue weighted by Gasteiger charge is -2.00. The van der Waals surface area contributed by atoms with Crippen molar-refractivity contribution in [3.05, 3.63) is 53.1 Å². The van der Waals surface area contributed by atoms with Crippen LogP contribution < -0.4 is 5.32 Å². The second-order valence-electron chi connectivity index (χ2n) is 5.67. The molecule has 0 saturated carbocycles. The number of nitrogens with zero attached hydrogens (tertiary/aromatic N) is 5. The predicted molar refractivity (Wildman–Crippen MR) is 95.8 cm³/mol. The fourth-order valence-electron chi connectivity index (χ4n) is 2.55. The Morgan fingerprint density at radius 2 is 2.12 bits per heavy atom. The molecule has 25 heavy (non-hydrogen) atoms. The van der Waals surface area contributed by atoms with Crippen LogP contribution in [0.1, 0.15) is 27.7 Å². The van der Waals surface area contributed by atoms with Crippen molar-refractivity contribution < 1.29 is 4.79 Å². The van der Waals surface area contributed by atoms with Gasteiger partial charge in [0.05, 0.1) is 15.2 Å². The highest BCUT2D eigenvalue weighted by Crippen LogP contribution is 2.22. The van der Waals surface area contributed by atoms with Gasteiger partial charge in [-0.3, -0.25) is 4.79 Å². The fraction of sp³-hybridized carbons (Fsp3) is 0.235. The van der Waals surface area contributed by atoms with Gasteiger partial charge in [0.1, 0.15) is 0 Å². The molecule has 7 nitrogen and oxygen atoms in total. The minimum Gasteiger partial charge on any atom is -0.349 e. The van der Waals surface area contributed by atoms with E-state index in [1.165, 1.54) is 4.70 Å². The minimum atomic E-state index is -0.283. The molecule has 0 fully saturated rings. The normalized spacial score (nSPS) is 11.2. The Balaban J connectivity index is 1.34. The Bertz CT molecular complexity index is 1020. The van der Waals surface area contributed by atoms with Crippen molar-refractivity contribution in [1.82, 2.24) is 29.9 Å². The molecular formula is C17H16N6OS. The summed E-state index contributed by atoms with van der Waals surface area (Å²) in [4.78, 5) is 25.0. The molecule has 0 aliphatic heterocycles. The van der Waals surface area contributed by atoms with Crippen LogP contribution in [0.3, 0.4) is 0 Å². The van der Waals surface area contributed by atoms with Crippen LogP contribution in [0.15, 0.2) is 36.5 Å². The van der Waals surface area contributed by atoms with E-state index in [-0.39, 0.29) is 11.7 Å². The van der Waals surface area contributed by atoms with Crippen molar-refractivity contribution in [2.75, 3.05) is 6.54 Å². The first-order valence-electron chi connectivity index (χ1n) is 8.02. The third kappa shape index (κ3) is 3.20. The molecule has 3 heterocycles. The molecule has 1 amide bonds. The molecule has 126 valence electrons. The van der Waals surface area contributed by atoms with Crippen molar-refractivity contribution in [1.29, 1.82) is 0 Å². The van der Waals surface area contributed by atoms with Crippen LogP contribution in [-0.4, -0.2) is 37.0 Å². The average Bonchev–Trinajstić information content (AvgIpc) is 3.23. The molecule has 0 radical (unpaired) electrons. The topological polar surface area (TPSA) is 85.1 Å². The van der Waals surface area contributed by atoms with E-state index in [1.807, 2.05) is 31.2 Å². The maximum absolute atomic E-state index is 12.2. The number of hydrogen-bond donors (Lipinski definition) is 1. The average molecular weight is 352 g/mol. The second-order valence-corrected chi connectivity index (χ2v) is 6.78. The molecule has 4 rings (SSSR count). The van der Waals surface area contributed by atoms with Gasteiger partial charge in [0.15, 0.2) is 0 Å². The summed E-state index contributed by atoms with van der Waals surface area (Å²) in [6.45, 7) is 2.44. The van der Waals surface area contributed by atoms with Crippen molar-refractivity contribution in [3.8, 4) is 0 Å². The summed E-state index contributed by atoms with van der Waals surface area (Å²) in [5.74, 6) is 0.288. The third-order valence-corrected chi connectivity index (χ3v) is 4.92. The van der Waals surface area contributed by atoms with Crippen molar-refractivity contribution >= 4 is 33.2 Å². The van der Waals surface area contributed by atoms with Crippen LogP contribution in [0.4, 0.5) is 0 Å². The van der Waals surface area contributed by atoms with Crippen molar-refractivity contribution in [3.63, 3.8) is 0 Å². The first-order valence-corrected chi connectivity index (χ1v) is 8.83. The number of thiazole rings is 1.